The number of carbonyl (C=O) groups excluding carboxylic acids is 2. The van der Waals surface area contributed by atoms with Gasteiger partial charge in [-0.3, -0.25) is 14.6 Å². The van der Waals surface area contributed by atoms with Gasteiger partial charge in [-0.25, -0.2) is 9.78 Å². The van der Waals surface area contributed by atoms with E-state index < -0.39 is 5.54 Å². The Morgan fingerprint density at radius 1 is 1.26 bits per heavy atom. The van der Waals surface area contributed by atoms with Crippen LogP contribution in [0.4, 0.5) is 10.5 Å². The van der Waals surface area contributed by atoms with Crippen molar-refractivity contribution in [2.75, 3.05) is 25.0 Å². The Morgan fingerprint density at radius 3 is 2.74 bits per heavy atom. The van der Waals surface area contributed by atoms with Crippen molar-refractivity contribution in [1.29, 1.82) is 0 Å². The molecule has 122 valence electrons. The first-order valence-corrected chi connectivity index (χ1v) is 7.30. The van der Waals surface area contributed by atoms with Gasteiger partial charge in [0.05, 0.1) is 0 Å². The summed E-state index contributed by atoms with van der Waals surface area (Å²) in [5, 5.41) is 3.25. The lowest BCUT2D eigenvalue weighted by molar-refractivity contribution is -0.130. The molecule has 2 aromatic rings. The monoisotopic (exact) mass is 336 g/mol. The van der Waals surface area contributed by atoms with Crippen molar-refractivity contribution in [3.8, 4) is 0 Å². The first-order chi connectivity index (χ1) is 10.6. The lowest BCUT2D eigenvalue weighted by atomic mass is 9.86. The fourth-order valence-corrected chi connectivity index (χ4v) is 3.45. The van der Waals surface area contributed by atoms with Crippen LogP contribution in [0.1, 0.15) is 12.8 Å². The van der Waals surface area contributed by atoms with E-state index >= 15 is 0 Å². The highest BCUT2D eigenvalue weighted by Crippen LogP contribution is 2.39. The average molecular weight is 337 g/mol. The molecular formula is C15H17ClN4O3. The number of nitrogens with zero attached hydrogens (tertiary/aromatic N) is 3. The highest BCUT2D eigenvalue weighted by atomic mass is 35.5. The van der Waals surface area contributed by atoms with Crippen molar-refractivity contribution in [3.05, 3.63) is 24.6 Å². The number of imide groups is 1. The molecule has 0 unspecified atom stereocenters. The van der Waals surface area contributed by atoms with Gasteiger partial charge in [-0.1, -0.05) is 0 Å². The summed E-state index contributed by atoms with van der Waals surface area (Å²) in [5.74, 6) is -0.126. The van der Waals surface area contributed by atoms with Crippen LogP contribution in [0.3, 0.4) is 0 Å². The van der Waals surface area contributed by atoms with Gasteiger partial charge in [-0.2, -0.15) is 0 Å². The second kappa shape index (κ2) is 5.50. The van der Waals surface area contributed by atoms with Crippen molar-refractivity contribution in [2.24, 2.45) is 0 Å². The molecule has 4 rings (SSSR count). The molecule has 2 aliphatic heterocycles. The maximum atomic E-state index is 12.7. The SMILES string of the molecule is CN1C(=O)N(c2ccc3ocnc3c2)C2(CCNCC2)C1=O.Cl. The van der Waals surface area contributed by atoms with E-state index in [0.717, 1.165) is 13.1 Å². The summed E-state index contributed by atoms with van der Waals surface area (Å²) in [5.41, 5.74) is 1.24. The molecule has 0 bridgehead atoms. The van der Waals surface area contributed by atoms with Crippen LogP contribution in [0.15, 0.2) is 29.0 Å². The Balaban J connectivity index is 0.00000156. The van der Waals surface area contributed by atoms with Crippen LogP contribution in [-0.4, -0.2) is 47.5 Å². The Kier molecular flexibility index (Phi) is 3.77. The number of fused-ring (bicyclic) bond motifs is 1. The lowest BCUT2D eigenvalue weighted by Crippen LogP contribution is -2.56. The fourth-order valence-electron chi connectivity index (χ4n) is 3.45. The molecule has 0 saturated carbocycles. The zero-order valence-corrected chi connectivity index (χ0v) is 13.4. The molecule has 1 aromatic carbocycles. The standard InChI is InChI=1S/C15H16N4O3.ClH/c1-18-13(20)15(4-6-16-7-5-15)19(14(18)21)10-2-3-12-11(8-10)17-9-22-12;/h2-3,8-9,16H,4-7H2,1H3;1H. The number of piperidine rings is 1. The number of carbonyl (C=O) groups is 2. The van der Waals surface area contributed by atoms with Gasteiger partial charge < -0.3 is 9.73 Å². The topological polar surface area (TPSA) is 78.7 Å². The van der Waals surface area contributed by atoms with E-state index in [2.05, 4.69) is 10.3 Å². The molecule has 3 heterocycles. The third kappa shape index (κ3) is 2.11. The molecule has 8 heteroatoms. The summed E-state index contributed by atoms with van der Waals surface area (Å²) in [4.78, 5) is 32.3. The highest BCUT2D eigenvalue weighted by Gasteiger charge is 2.56. The molecule has 0 radical (unpaired) electrons. The summed E-state index contributed by atoms with van der Waals surface area (Å²) >= 11 is 0. The molecular weight excluding hydrogens is 320 g/mol. The van der Waals surface area contributed by atoms with Crippen LogP contribution in [0.25, 0.3) is 11.1 Å². The molecule has 0 atom stereocenters. The van der Waals surface area contributed by atoms with Crippen LogP contribution in [-0.2, 0) is 4.79 Å². The third-order valence-electron chi connectivity index (χ3n) is 4.61. The Hall–Kier alpha value is -2.12. The normalized spacial score (nSPS) is 20.4. The van der Waals surface area contributed by atoms with Crippen molar-refractivity contribution >= 4 is 41.1 Å². The molecule has 23 heavy (non-hydrogen) atoms. The van der Waals surface area contributed by atoms with Crippen molar-refractivity contribution in [1.82, 2.24) is 15.2 Å². The number of rotatable bonds is 1. The average Bonchev–Trinajstić information content (AvgIpc) is 3.07. The Labute approximate surface area is 139 Å². The first-order valence-electron chi connectivity index (χ1n) is 7.30. The quantitative estimate of drug-likeness (QED) is 0.803. The van der Waals surface area contributed by atoms with E-state index in [1.165, 1.54) is 11.3 Å². The largest absolute Gasteiger partial charge is 0.443 e. The molecule has 3 amide bonds. The first kappa shape index (κ1) is 15.8. The van der Waals surface area contributed by atoms with Crippen LogP contribution in [0.2, 0.25) is 0 Å². The summed E-state index contributed by atoms with van der Waals surface area (Å²) in [6.07, 6.45) is 2.59. The number of halogens is 1. The molecule has 7 nitrogen and oxygen atoms in total. The number of hydrogen-bond acceptors (Lipinski definition) is 5. The number of hydrogen-bond donors (Lipinski definition) is 1. The minimum absolute atomic E-state index is 0. The van der Waals surface area contributed by atoms with E-state index in [4.69, 9.17) is 4.42 Å². The number of nitrogens with one attached hydrogen (secondary N) is 1. The van der Waals surface area contributed by atoms with E-state index in [0.29, 0.717) is 29.6 Å². The number of aromatic nitrogens is 1. The van der Waals surface area contributed by atoms with E-state index in [-0.39, 0.29) is 24.3 Å². The number of amides is 3. The molecule has 0 aliphatic carbocycles. The van der Waals surface area contributed by atoms with Crippen LogP contribution in [0, 0.1) is 0 Å². The van der Waals surface area contributed by atoms with Crippen LogP contribution >= 0.6 is 12.4 Å². The zero-order chi connectivity index (χ0) is 15.3. The second-order valence-corrected chi connectivity index (χ2v) is 5.77. The maximum Gasteiger partial charge on any atom is 0.331 e. The molecule has 1 spiro atoms. The van der Waals surface area contributed by atoms with Crippen molar-refractivity contribution in [3.63, 3.8) is 0 Å². The van der Waals surface area contributed by atoms with Crippen LogP contribution < -0.4 is 10.2 Å². The number of likely N-dealkylation sites (N-methyl/N-ethyl adjacent to an activating group) is 1. The fraction of sp³-hybridized carbons (Fsp3) is 0.400. The summed E-state index contributed by atoms with van der Waals surface area (Å²) in [6.45, 7) is 1.44. The predicted octanol–water partition coefficient (Wildman–Crippen LogP) is 1.77. The van der Waals surface area contributed by atoms with Gasteiger partial charge in [-0.15, -0.1) is 12.4 Å². The van der Waals surface area contributed by atoms with E-state index in [1.807, 2.05) is 6.07 Å². The molecule has 2 saturated heterocycles. The molecule has 2 fully saturated rings. The van der Waals surface area contributed by atoms with Crippen LogP contribution in [0.5, 0.6) is 0 Å². The molecule has 1 aromatic heterocycles. The maximum absolute atomic E-state index is 12.7. The van der Waals surface area contributed by atoms with E-state index in [1.54, 1.807) is 24.1 Å². The number of oxazole rings is 1. The zero-order valence-electron chi connectivity index (χ0n) is 12.6. The minimum Gasteiger partial charge on any atom is -0.443 e. The predicted molar refractivity (Wildman–Crippen MR) is 86.7 cm³/mol. The van der Waals surface area contributed by atoms with Gasteiger partial charge in [0.15, 0.2) is 12.0 Å². The number of benzene rings is 1. The van der Waals surface area contributed by atoms with Gasteiger partial charge in [0.2, 0.25) is 0 Å². The summed E-state index contributed by atoms with van der Waals surface area (Å²) in [7, 11) is 1.54. The molecule has 2 aliphatic rings. The summed E-state index contributed by atoms with van der Waals surface area (Å²) in [6, 6.07) is 5.10. The molecule has 1 N–H and O–H groups in total. The van der Waals surface area contributed by atoms with Crippen molar-refractivity contribution < 1.29 is 14.0 Å². The van der Waals surface area contributed by atoms with Gasteiger partial charge in [-0.05, 0) is 44.1 Å². The van der Waals surface area contributed by atoms with Crippen molar-refractivity contribution in [2.45, 2.75) is 18.4 Å². The Bertz CT molecular complexity index is 769. The van der Waals surface area contributed by atoms with Gasteiger partial charge in [0.1, 0.15) is 11.1 Å². The second-order valence-electron chi connectivity index (χ2n) is 5.77. The number of anilines is 1. The lowest BCUT2D eigenvalue weighted by Gasteiger charge is -2.38. The van der Waals surface area contributed by atoms with E-state index in [9.17, 15) is 9.59 Å². The highest BCUT2D eigenvalue weighted by molar-refractivity contribution is 6.17. The number of urea groups is 1. The minimum atomic E-state index is -0.783. The van der Waals surface area contributed by atoms with Gasteiger partial charge >= 0.3 is 6.03 Å². The smallest absolute Gasteiger partial charge is 0.331 e. The van der Waals surface area contributed by atoms with Gasteiger partial charge in [0.25, 0.3) is 5.91 Å². The Morgan fingerprint density at radius 2 is 2.00 bits per heavy atom. The third-order valence-corrected chi connectivity index (χ3v) is 4.61. The summed E-state index contributed by atoms with van der Waals surface area (Å²) < 4.78 is 5.24. The van der Waals surface area contributed by atoms with Gasteiger partial charge in [0, 0.05) is 12.7 Å².